The van der Waals surface area contributed by atoms with Gasteiger partial charge in [-0.25, -0.2) is 0 Å². The molecule has 1 amide bonds. The number of amides is 1. The summed E-state index contributed by atoms with van der Waals surface area (Å²) in [6.07, 6.45) is -2.79. The molecule has 0 bridgehead atoms. The van der Waals surface area contributed by atoms with Crippen LogP contribution >= 0.6 is 11.8 Å². The van der Waals surface area contributed by atoms with Gasteiger partial charge in [-0.3, -0.25) is 4.79 Å². The van der Waals surface area contributed by atoms with Gasteiger partial charge in [0.15, 0.2) is 0 Å². The number of hydrogen-bond acceptors (Lipinski definition) is 4. The average molecular weight is 388 g/mol. The zero-order valence-electron chi connectivity index (χ0n) is 14.6. The van der Waals surface area contributed by atoms with Gasteiger partial charge < -0.3 is 5.11 Å². The number of unbranched alkanes of at least 4 members (excludes halogenated alkanes) is 2. The summed E-state index contributed by atoms with van der Waals surface area (Å²) in [7, 11) is 0. The van der Waals surface area contributed by atoms with E-state index in [1.54, 1.807) is 0 Å². The molecule has 1 atom stereocenters. The number of alkyl halides is 3. The highest BCUT2D eigenvalue weighted by Gasteiger charge is 2.62. The van der Waals surface area contributed by atoms with E-state index in [0.717, 1.165) is 18.4 Å². The molecule has 8 heteroatoms. The van der Waals surface area contributed by atoms with E-state index in [1.165, 1.54) is 11.8 Å². The Labute approximate surface area is 155 Å². The monoisotopic (exact) mass is 388 g/mol. The van der Waals surface area contributed by atoms with Gasteiger partial charge in [-0.05, 0) is 18.4 Å². The molecule has 1 N–H and O–H groups in total. The molecule has 1 aliphatic heterocycles. The number of carbonyl (C=O) groups excluding carboxylic acids is 1. The van der Waals surface area contributed by atoms with E-state index in [2.05, 4.69) is 5.10 Å². The van der Waals surface area contributed by atoms with Gasteiger partial charge in [0.25, 0.3) is 11.6 Å². The molecule has 0 aromatic heterocycles. The van der Waals surface area contributed by atoms with Crippen molar-refractivity contribution in [3.05, 3.63) is 35.9 Å². The van der Waals surface area contributed by atoms with E-state index in [-0.39, 0.29) is 16.5 Å². The van der Waals surface area contributed by atoms with Crippen LogP contribution in [0.1, 0.15) is 44.6 Å². The lowest BCUT2D eigenvalue weighted by molar-refractivity contribution is -0.301. The zero-order valence-corrected chi connectivity index (χ0v) is 15.4. The number of aliphatic hydroxyl groups is 1. The number of halogens is 3. The number of carbonyl (C=O) groups is 1. The van der Waals surface area contributed by atoms with Crippen molar-refractivity contribution in [2.75, 3.05) is 5.75 Å². The molecule has 0 saturated heterocycles. The first kappa shape index (κ1) is 20.8. The van der Waals surface area contributed by atoms with Crippen molar-refractivity contribution in [1.82, 2.24) is 5.01 Å². The number of hydrazone groups is 1. The zero-order chi connectivity index (χ0) is 19.2. The van der Waals surface area contributed by atoms with Crippen LogP contribution < -0.4 is 0 Å². The average Bonchev–Trinajstić information content (AvgIpc) is 2.94. The van der Waals surface area contributed by atoms with Gasteiger partial charge in [0.2, 0.25) is 0 Å². The van der Waals surface area contributed by atoms with Gasteiger partial charge in [-0.15, -0.1) is 11.8 Å². The van der Waals surface area contributed by atoms with Crippen LogP contribution in [0.25, 0.3) is 0 Å². The lowest BCUT2D eigenvalue weighted by Gasteiger charge is -2.32. The highest BCUT2D eigenvalue weighted by molar-refractivity contribution is 7.99. The summed E-state index contributed by atoms with van der Waals surface area (Å²) in [6, 6.07) is 9.33. The Morgan fingerprint density at radius 2 is 2.00 bits per heavy atom. The summed E-state index contributed by atoms with van der Waals surface area (Å²) < 4.78 is 40.1. The Kier molecular flexibility index (Phi) is 7.11. The van der Waals surface area contributed by atoms with E-state index >= 15 is 0 Å². The van der Waals surface area contributed by atoms with Crippen LogP contribution in [0.2, 0.25) is 0 Å². The van der Waals surface area contributed by atoms with Crippen molar-refractivity contribution in [3.8, 4) is 0 Å². The van der Waals surface area contributed by atoms with Crippen molar-refractivity contribution in [1.29, 1.82) is 0 Å². The third-order valence-electron chi connectivity index (χ3n) is 4.14. The first-order valence-corrected chi connectivity index (χ1v) is 9.73. The van der Waals surface area contributed by atoms with Gasteiger partial charge >= 0.3 is 6.18 Å². The summed E-state index contributed by atoms with van der Waals surface area (Å²) in [4.78, 5) is 12.3. The van der Waals surface area contributed by atoms with Crippen molar-refractivity contribution in [2.45, 2.75) is 56.7 Å². The van der Waals surface area contributed by atoms with Gasteiger partial charge in [-0.1, -0.05) is 50.1 Å². The molecule has 0 aliphatic carbocycles. The highest BCUT2D eigenvalue weighted by atomic mass is 32.2. The minimum Gasteiger partial charge on any atom is -0.362 e. The van der Waals surface area contributed by atoms with Crippen LogP contribution in [-0.2, 0) is 10.5 Å². The Morgan fingerprint density at radius 1 is 1.31 bits per heavy atom. The summed E-state index contributed by atoms with van der Waals surface area (Å²) >= 11 is 1.20. The number of hydrogen-bond donors (Lipinski definition) is 1. The summed E-state index contributed by atoms with van der Waals surface area (Å²) in [6.45, 7) is 1.99. The van der Waals surface area contributed by atoms with Gasteiger partial charge in [0.1, 0.15) is 0 Å². The quantitative estimate of drug-likeness (QED) is 0.674. The molecule has 0 radical (unpaired) electrons. The molecule has 0 unspecified atom stereocenters. The van der Waals surface area contributed by atoms with Gasteiger partial charge in [-0.2, -0.15) is 23.3 Å². The van der Waals surface area contributed by atoms with Crippen molar-refractivity contribution in [2.24, 2.45) is 5.10 Å². The first-order chi connectivity index (χ1) is 12.3. The molecule has 1 aromatic rings. The van der Waals surface area contributed by atoms with Crippen LogP contribution in [0.4, 0.5) is 13.2 Å². The van der Waals surface area contributed by atoms with Crippen molar-refractivity contribution >= 4 is 23.4 Å². The topological polar surface area (TPSA) is 52.9 Å². The Hall–Kier alpha value is -1.54. The maximum Gasteiger partial charge on any atom is 0.438 e. The SMILES string of the molecule is CCCCCC1=NN(C(=O)CSCc2ccccc2)[C@@](O)(C(F)(F)F)C1. The maximum atomic E-state index is 13.4. The molecule has 26 heavy (non-hydrogen) atoms. The van der Waals surface area contributed by atoms with E-state index in [4.69, 9.17) is 0 Å². The van der Waals surface area contributed by atoms with E-state index in [9.17, 15) is 23.1 Å². The molecule has 0 fully saturated rings. The summed E-state index contributed by atoms with van der Waals surface area (Å²) in [5, 5.41) is 14.2. The van der Waals surface area contributed by atoms with Crippen molar-refractivity contribution in [3.63, 3.8) is 0 Å². The lowest BCUT2D eigenvalue weighted by Crippen LogP contribution is -2.57. The maximum absolute atomic E-state index is 13.4. The van der Waals surface area contributed by atoms with Crippen LogP contribution in [0.5, 0.6) is 0 Å². The van der Waals surface area contributed by atoms with Crippen LogP contribution in [0.15, 0.2) is 35.4 Å². The fourth-order valence-corrected chi connectivity index (χ4v) is 3.54. The minimum atomic E-state index is -4.96. The number of thioether (sulfide) groups is 1. The van der Waals surface area contributed by atoms with Crippen LogP contribution in [-0.4, -0.2) is 39.4 Å². The molecule has 144 valence electrons. The van der Waals surface area contributed by atoms with E-state index in [1.807, 2.05) is 37.3 Å². The number of rotatable bonds is 8. The second-order valence-corrected chi connectivity index (χ2v) is 7.28. The third kappa shape index (κ3) is 5.01. The summed E-state index contributed by atoms with van der Waals surface area (Å²) in [5.74, 6) is -0.520. The highest BCUT2D eigenvalue weighted by Crippen LogP contribution is 2.41. The molecular formula is C18H23F3N2O2S. The third-order valence-corrected chi connectivity index (χ3v) is 5.13. The normalized spacial score (nSPS) is 20.3. The molecular weight excluding hydrogens is 365 g/mol. The second kappa shape index (κ2) is 8.90. The summed E-state index contributed by atoms with van der Waals surface area (Å²) in [5.41, 5.74) is -2.04. The van der Waals surface area contributed by atoms with Crippen LogP contribution in [0.3, 0.4) is 0 Å². The number of nitrogens with zero attached hydrogens (tertiary/aromatic N) is 2. The van der Waals surface area contributed by atoms with Crippen molar-refractivity contribution < 1.29 is 23.1 Å². The Balaban J connectivity index is 2.02. The molecule has 1 aromatic carbocycles. The molecule has 2 rings (SSSR count). The van der Waals surface area contributed by atoms with Gasteiger partial charge in [0.05, 0.1) is 5.75 Å². The van der Waals surface area contributed by atoms with Crippen LogP contribution in [0, 0.1) is 0 Å². The number of benzene rings is 1. The predicted octanol–water partition coefficient (Wildman–Crippen LogP) is 4.34. The fraction of sp³-hybridized carbons (Fsp3) is 0.556. The fourth-order valence-electron chi connectivity index (χ4n) is 2.71. The predicted molar refractivity (Wildman–Crippen MR) is 96.6 cm³/mol. The first-order valence-electron chi connectivity index (χ1n) is 8.58. The Bertz CT molecular complexity index is 637. The molecule has 4 nitrogen and oxygen atoms in total. The molecule has 0 spiro atoms. The van der Waals surface area contributed by atoms with E-state index < -0.39 is 24.2 Å². The van der Waals surface area contributed by atoms with Gasteiger partial charge in [0, 0.05) is 17.9 Å². The smallest absolute Gasteiger partial charge is 0.362 e. The Morgan fingerprint density at radius 3 is 2.62 bits per heavy atom. The largest absolute Gasteiger partial charge is 0.438 e. The minimum absolute atomic E-state index is 0.182. The molecule has 1 aliphatic rings. The molecule has 0 saturated carbocycles. The van der Waals surface area contributed by atoms with E-state index in [0.29, 0.717) is 18.6 Å². The standard InChI is InChI=1S/C18H23F3N2O2S/c1-2-3-5-10-15-11-17(25,18(19,20)21)23(22-15)16(24)13-26-12-14-8-6-4-7-9-14/h4,6-9,25H,2-3,5,10-13H2,1H3/t17-/m0/s1. The molecule has 1 heterocycles. The lowest BCUT2D eigenvalue weighted by atomic mass is 10.0. The second-order valence-electron chi connectivity index (χ2n) is 6.30.